The zero-order valence-corrected chi connectivity index (χ0v) is 7.11. The molecule has 1 rings (SSSR count). The van der Waals surface area contributed by atoms with Crippen molar-refractivity contribution in [3.63, 3.8) is 0 Å². The fourth-order valence-electron chi connectivity index (χ4n) is 1.11. The molecule has 1 aliphatic heterocycles. The van der Waals surface area contributed by atoms with E-state index in [4.69, 9.17) is 19.7 Å². The van der Waals surface area contributed by atoms with Crippen molar-refractivity contribution < 1.29 is 19.7 Å². The highest BCUT2D eigenvalue weighted by molar-refractivity contribution is 4.56. The Bertz CT molecular complexity index is 112. The Labute approximate surface area is 72.1 Å². The predicted molar refractivity (Wildman–Crippen MR) is 42.6 cm³/mol. The summed E-state index contributed by atoms with van der Waals surface area (Å²) in [5, 5.41) is 17.5. The molecule has 0 amide bonds. The number of aliphatic hydroxyl groups is 2. The van der Waals surface area contributed by atoms with E-state index in [-0.39, 0.29) is 19.5 Å². The van der Waals surface area contributed by atoms with Crippen molar-refractivity contribution in [1.82, 2.24) is 0 Å². The lowest BCUT2D eigenvalue weighted by molar-refractivity contribution is -0.177. The number of ether oxygens (including phenoxy) is 2. The smallest absolute Gasteiger partial charge is 0.157 e. The van der Waals surface area contributed by atoms with Crippen molar-refractivity contribution in [2.24, 2.45) is 0 Å². The monoisotopic (exact) mass is 176 g/mol. The summed E-state index contributed by atoms with van der Waals surface area (Å²) in [5.41, 5.74) is 0. The van der Waals surface area contributed by atoms with E-state index in [9.17, 15) is 0 Å². The van der Waals surface area contributed by atoms with Crippen LogP contribution in [-0.2, 0) is 9.47 Å². The molecule has 1 heterocycles. The van der Waals surface area contributed by atoms with E-state index in [2.05, 4.69) is 0 Å². The fourth-order valence-corrected chi connectivity index (χ4v) is 1.11. The van der Waals surface area contributed by atoms with Gasteiger partial charge in [0.2, 0.25) is 0 Å². The minimum atomic E-state index is -0.782. The van der Waals surface area contributed by atoms with Gasteiger partial charge in [0.25, 0.3) is 0 Å². The summed E-state index contributed by atoms with van der Waals surface area (Å²) in [6.45, 7) is 0.633. The molecule has 2 unspecified atom stereocenters. The second kappa shape index (κ2) is 5.48. The maximum atomic E-state index is 8.96. The Balaban J connectivity index is 2.05. The Morgan fingerprint density at radius 2 is 2.33 bits per heavy atom. The van der Waals surface area contributed by atoms with Crippen LogP contribution in [0.3, 0.4) is 0 Å². The van der Waals surface area contributed by atoms with E-state index < -0.39 is 6.10 Å². The minimum absolute atomic E-state index is 0.154. The average Bonchev–Trinajstić information content (AvgIpc) is 2.16. The molecule has 4 nitrogen and oxygen atoms in total. The lowest BCUT2D eigenvalue weighted by Gasteiger charge is -2.23. The summed E-state index contributed by atoms with van der Waals surface area (Å²) in [7, 11) is 0. The molecule has 4 heteroatoms. The average molecular weight is 176 g/mol. The van der Waals surface area contributed by atoms with Crippen LogP contribution in [0, 0.1) is 0 Å². The van der Waals surface area contributed by atoms with Gasteiger partial charge in [-0.05, 0) is 19.3 Å². The number of rotatable bonds is 4. The topological polar surface area (TPSA) is 58.9 Å². The first-order chi connectivity index (χ1) is 5.83. The second-order valence-electron chi connectivity index (χ2n) is 2.97. The van der Waals surface area contributed by atoms with Crippen molar-refractivity contribution in [1.29, 1.82) is 0 Å². The van der Waals surface area contributed by atoms with Crippen LogP contribution >= 0.6 is 0 Å². The predicted octanol–water partition coefficient (Wildman–Crippen LogP) is -0.117. The van der Waals surface area contributed by atoms with Crippen LogP contribution in [0.2, 0.25) is 0 Å². The van der Waals surface area contributed by atoms with E-state index in [0.717, 1.165) is 25.9 Å². The van der Waals surface area contributed by atoms with Gasteiger partial charge in [0.1, 0.15) is 6.10 Å². The molecule has 2 atom stereocenters. The van der Waals surface area contributed by atoms with Crippen molar-refractivity contribution >= 4 is 0 Å². The second-order valence-corrected chi connectivity index (χ2v) is 2.97. The first-order valence-electron chi connectivity index (χ1n) is 4.35. The van der Waals surface area contributed by atoms with Gasteiger partial charge < -0.3 is 19.7 Å². The third-order valence-corrected chi connectivity index (χ3v) is 1.82. The van der Waals surface area contributed by atoms with Gasteiger partial charge in [-0.3, -0.25) is 0 Å². The number of aliphatic hydroxyl groups excluding tert-OH is 2. The Hall–Kier alpha value is -0.160. The van der Waals surface area contributed by atoms with Gasteiger partial charge in [-0.1, -0.05) is 0 Å². The van der Waals surface area contributed by atoms with Gasteiger partial charge in [-0.25, -0.2) is 0 Å². The van der Waals surface area contributed by atoms with Crippen LogP contribution in [0.1, 0.15) is 19.3 Å². The standard InChI is InChI=1S/C8H16O4/c9-5-7(10)6-12-8-3-1-2-4-11-8/h7-10H,1-6H2. The van der Waals surface area contributed by atoms with E-state index in [0.29, 0.717) is 0 Å². The molecule has 72 valence electrons. The van der Waals surface area contributed by atoms with E-state index in [1.54, 1.807) is 0 Å². The van der Waals surface area contributed by atoms with Crippen molar-refractivity contribution in [2.45, 2.75) is 31.7 Å². The molecular weight excluding hydrogens is 160 g/mol. The summed E-state index contributed by atoms with van der Waals surface area (Å²) in [5.74, 6) is 0. The molecule has 0 aromatic rings. The zero-order chi connectivity index (χ0) is 8.81. The highest BCUT2D eigenvalue weighted by atomic mass is 16.7. The Morgan fingerprint density at radius 3 is 2.92 bits per heavy atom. The van der Waals surface area contributed by atoms with Gasteiger partial charge in [-0.2, -0.15) is 0 Å². The molecule has 2 N–H and O–H groups in total. The normalized spacial score (nSPS) is 27.0. The van der Waals surface area contributed by atoms with Crippen LogP contribution < -0.4 is 0 Å². The van der Waals surface area contributed by atoms with E-state index in [1.165, 1.54) is 0 Å². The third kappa shape index (κ3) is 3.49. The maximum Gasteiger partial charge on any atom is 0.157 e. The molecule has 0 aliphatic carbocycles. The lowest BCUT2D eigenvalue weighted by Crippen LogP contribution is -2.28. The van der Waals surface area contributed by atoms with Crippen LogP contribution in [0.15, 0.2) is 0 Å². The molecule has 0 bridgehead atoms. The van der Waals surface area contributed by atoms with Crippen LogP contribution in [-0.4, -0.2) is 42.4 Å². The minimum Gasteiger partial charge on any atom is -0.394 e. The third-order valence-electron chi connectivity index (χ3n) is 1.82. The summed E-state index contributed by atoms with van der Waals surface area (Å²) in [4.78, 5) is 0. The van der Waals surface area contributed by atoms with Crippen molar-refractivity contribution in [2.75, 3.05) is 19.8 Å². The van der Waals surface area contributed by atoms with Gasteiger partial charge in [0.05, 0.1) is 13.2 Å². The number of hydrogen-bond acceptors (Lipinski definition) is 4. The van der Waals surface area contributed by atoms with E-state index in [1.807, 2.05) is 0 Å². The summed E-state index contributed by atoms with van der Waals surface area (Å²) >= 11 is 0. The zero-order valence-electron chi connectivity index (χ0n) is 7.11. The van der Waals surface area contributed by atoms with Crippen molar-refractivity contribution in [3.05, 3.63) is 0 Å². The van der Waals surface area contributed by atoms with Gasteiger partial charge in [-0.15, -0.1) is 0 Å². The molecule has 0 aromatic heterocycles. The summed E-state index contributed by atoms with van der Waals surface area (Å²) in [6.07, 6.45) is 2.12. The highest BCUT2D eigenvalue weighted by Crippen LogP contribution is 2.13. The fraction of sp³-hybridized carbons (Fsp3) is 1.00. The Morgan fingerprint density at radius 1 is 1.50 bits per heavy atom. The first kappa shape index (κ1) is 9.92. The van der Waals surface area contributed by atoms with Crippen LogP contribution in [0.5, 0.6) is 0 Å². The van der Waals surface area contributed by atoms with Gasteiger partial charge in [0, 0.05) is 6.61 Å². The summed E-state index contributed by atoms with van der Waals surface area (Å²) < 4.78 is 10.5. The lowest BCUT2D eigenvalue weighted by atomic mass is 10.2. The number of hydrogen-bond donors (Lipinski definition) is 2. The molecule has 12 heavy (non-hydrogen) atoms. The van der Waals surface area contributed by atoms with Gasteiger partial charge >= 0.3 is 0 Å². The molecular formula is C8H16O4. The highest BCUT2D eigenvalue weighted by Gasteiger charge is 2.15. The largest absolute Gasteiger partial charge is 0.394 e. The maximum absolute atomic E-state index is 8.96. The molecule has 1 aliphatic rings. The molecule has 1 fully saturated rings. The molecule has 1 saturated heterocycles. The molecule has 0 saturated carbocycles. The SMILES string of the molecule is OCC(O)COC1CCCCO1. The molecule has 0 spiro atoms. The first-order valence-corrected chi connectivity index (χ1v) is 4.35. The van der Waals surface area contributed by atoms with Crippen LogP contribution in [0.25, 0.3) is 0 Å². The van der Waals surface area contributed by atoms with Crippen molar-refractivity contribution in [3.8, 4) is 0 Å². The van der Waals surface area contributed by atoms with Crippen LogP contribution in [0.4, 0.5) is 0 Å². The molecule has 0 radical (unpaired) electrons. The molecule has 0 aromatic carbocycles. The van der Waals surface area contributed by atoms with E-state index >= 15 is 0 Å². The van der Waals surface area contributed by atoms with Gasteiger partial charge in [0.15, 0.2) is 6.29 Å². The Kier molecular flexibility index (Phi) is 4.53. The quantitative estimate of drug-likeness (QED) is 0.627. The summed E-state index contributed by atoms with van der Waals surface area (Å²) in [6, 6.07) is 0.